The summed E-state index contributed by atoms with van der Waals surface area (Å²) in [4.78, 5) is 25.4. The molecular weight excluding hydrogens is 380 g/mol. The highest BCUT2D eigenvalue weighted by atomic mass is 16.6. The van der Waals surface area contributed by atoms with Gasteiger partial charge in [-0.15, -0.1) is 0 Å². The highest BCUT2D eigenvalue weighted by Crippen LogP contribution is 2.33. The van der Waals surface area contributed by atoms with Crippen LogP contribution in [0.25, 0.3) is 22.7 Å². The summed E-state index contributed by atoms with van der Waals surface area (Å²) in [6, 6.07) is 3.56. The van der Waals surface area contributed by atoms with E-state index in [0.29, 0.717) is 40.9 Å². The number of likely N-dealkylation sites (N-methyl/N-ethyl adjacent to an activating group) is 1. The van der Waals surface area contributed by atoms with E-state index in [-0.39, 0.29) is 0 Å². The van der Waals surface area contributed by atoms with Crippen molar-refractivity contribution in [2.75, 3.05) is 18.9 Å². The summed E-state index contributed by atoms with van der Waals surface area (Å²) in [7, 11) is 1.70. The number of nitrogens with zero attached hydrogens (tertiary/aromatic N) is 4. The lowest BCUT2D eigenvalue weighted by Crippen LogP contribution is -2.42. The van der Waals surface area contributed by atoms with E-state index in [0.717, 1.165) is 0 Å². The Bertz CT molecular complexity index is 1050. The quantitative estimate of drug-likeness (QED) is 0.469. The van der Waals surface area contributed by atoms with Gasteiger partial charge in [0.05, 0.1) is 6.33 Å². The average Bonchev–Trinajstić information content (AvgIpc) is 3.40. The van der Waals surface area contributed by atoms with E-state index in [9.17, 15) is 15.0 Å². The number of fused-ring (bicyclic) bond motifs is 1. The molecule has 0 spiro atoms. The van der Waals surface area contributed by atoms with Crippen LogP contribution in [0.1, 0.15) is 18.9 Å². The molecule has 0 aromatic carbocycles. The fraction of sp³-hybridized carbons (Fsp3) is 0.444. The predicted molar refractivity (Wildman–Crippen MR) is 102 cm³/mol. The van der Waals surface area contributed by atoms with Gasteiger partial charge in [-0.25, -0.2) is 15.0 Å². The molecule has 29 heavy (non-hydrogen) atoms. The number of carbonyl (C=O) groups is 1. The summed E-state index contributed by atoms with van der Waals surface area (Å²) in [5.74, 6) is 1.48. The molecule has 1 fully saturated rings. The zero-order valence-corrected chi connectivity index (χ0v) is 16.2. The lowest BCUT2D eigenvalue weighted by molar-refractivity contribution is -0.137. The van der Waals surface area contributed by atoms with Crippen LogP contribution in [-0.2, 0) is 9.53 Å². The van der Waals surface area contributed by atoms with Gasteiger partial charge in [0.1, 0.15) is 18.0 Å². The largest absolute Gasteiger partial charge is 0.458 e. The number of carbonyl (C=O) groups excluding carboxylic acids is 1. The van der Waals surface area contributed by atoms with Crippen molar-refractivity contribution < 1.29 is 24.2 Å². The van der Waals surface area contributed by atoms with E-state index in [2.05, 4.69) is 25.6 Å². The maximum Gasteiger partial charge on any atom is 0.252 e. The molecule has 1 aliphatic heterocycles. The minimum absolute atomic E-state index is 0.324. The SMILES string of the molecule is CCNC(=O)[C@@H]1OC(n2cnc3c(NC)nc(-c4ccc(C)o4)nc32)C(O)C1O. The van der Waals surface area contributed by atoms with E-state index in [4.69, 9.17) is 9.15 Å². The summed E-state index contributed by atoms with van der Waals surface area (Å²) in [6.07, 6.45) is -3.55. The van der Waals surface area contributed by atoms with Gasteiger partial charge in [0.25, 0.3) is 5.91 Å². The van der Waals surface area contributed by atoms with Crippen molar-refractivity contribution in [1.82, 2.24) is 24.8 Å². The molecule has 4 heterocycles. The first-order chi connectivity index (χ1) is 13.9. The van der Waals surface area contributed by atoms with Crippen LogP contribution in [0, 0.1) is 6.92 Å². The lowest BCUT2D eigenvalue weighted by atomic mass is 10.1. The lowest BCUT2D eigenvalue weighted by Gasteiger charge is -2.16. The maximum atomic E-state index is 12.1. The topological polar surface area (TPSA) is 148 Å². The molecule has 3 aromatic rings. The van der Waals surface area contributed by atoms with E-state index in [1.54, 1.807) is 26.1 Å². The Kier molecular flexibility index (Phi) is 4.94. The van der Waals surface area contributed by atoms with Crippen LogP contribution in [-0.4, -0.2) is 67.5 Å². The Balaban J connectivity index is 1.77. The summed E-state index contributed by atoms with van der Waals surface area (Å²) in [6.45, 7) is 3.95. The second kappa shape index (κ2) is 7.43. The van der Waals surface area contributed by atoms with Crippen LogP contribution in [0.2, 0.25) is 0 Å². The summed E-state index contributed by atoms with van der Waals surface area (Å²) in [5.41, 5.74) is 0.812. The Labute approximate surface area is 165 Å². The first-order valence-corrected chi connectivity index (χ1v) is 9.23. The molecule has 3 aromatic heterocycles. The van der Waals surface area contributed by atoms with E-state index < -0.39 is 30.4 Å². The molecule has 1 aliphatic rings. The molecule has 0 saturated carbocycles. The fourth-order valence-electron chi connectivity index (χ4n) is 3.32. The molecule has 11 heteroatoms. The second-order valence-electron chi connectivity index (χ2n) is 6.70. The van der Waals surface area contributed by atoms with Gasteiger partial charge in [-0.2, -0.15) is 0 Å². The van der Waals surface area contributed by atoms with Crippen LogP contribution < -0.4 is 10.6 Å². The van der Waals surface area contributed by atoms with Crippen LogP contribution >= 0.6 is 0 Å². The van der Waals surface area contributed by atoms with Gasteiger partial charge in [-0.1, -0.05) is 0 Å². The number of anilines is 1. The van der Waals surface area contributed by atoms with Crippen molar-refractivity contribution in [2.45, 2.75) is 38.4 Å². The van der Waals surface area contributed by atoms with Crippen molar-refractivity contribution >= 4 is 22.9 Å². The normalized spacial score (nSPS) is 24.2. The third-order valence-corrected chi connectivity index (χ3v) is 4.74. The van der Waals surface area contributed by atoms with Crippen molar-refractivity contribution in [1.29, 1.82) is 0 Å². The Morgan fingerprint density at radius 3 is 2.72 bits per heavy atom. The van der Waals surface area contributed by atoms with E-state index in [1.807, 2.05) is 6.92 Å². The molecule has 1 saturated heterocycles. The standard InChI is InChI=1S/C18H22N6O5/c1-4-20-17(27)13-11(25)12(26)18(29-13)24-7-21-10-15(19-3)22-14(23-16(10)24)9-6-5-8(2)28-9/h5-7,11-13,18,25-26H,4H2,1-3H3,(H,20,27)(H,19,22,23)/t11?,12?,13-,18?/m1/s1. The molecule has 0 bridgehead atoms. The van der Waals surface area contributed by atoms with E-state index in [1.165, 1.54) is 10.9 Å². The molecule has 11 nitrogen and oxygen atoms in total. The third kappa shape index (κ3) is 3.22. The summed E-state index contributed by atoms with van der Waals surface area (Å²) in [5, 5.41) is 26.4. The number of aliphatic hydroxyl groups is 2. The number of imidazole rings is 1. The number of furan rings is 1. The first kappa shape index (κ1) is 19.3. The number of rotatable bonds is 5. The van der Waals surface area contributed by atoms with Gasteiger partial charge in [-0.05, 0) is 26.0 Å². The number of aryl methyl sites for hydroxylation is 1. The van der Waals surface area contributed by atoms with Crippen LogP contribution in [0.3, 0.4) is 0 Å². The summed E-state index contributed by atoms with van der Waals surface area (Å²) >= 11 is 0. The Morgan fingerprint density at radius 2 is 2.07 bits per heavy atom. The monoisotopic (exact) mass is 402 g/mol. The van der Waals surface area contributed by atoms with Crippen LogP contribution in [0.4, 0.5) is 5.82 Å². The number of aromatic nitrogens is 4. The molecule has 4 atom stereocenters. The van der Waals surface area contributed by atoms with Crippen molar-refractivity contribution in [3.05, 3.63) is 24.2 Å². The van der Waals surface area contributed by atoms with Gasteiger partial charge in [0.2, 0.25) is 0 Å². The molecule has 1 amide bonds. The average molecular weight is 402 g/mol. The minimum Gasteiger partial charge on any atom is -0.458 e. The van der Waals surface area contributed by atoms with E-state index >= 15 is 0 Å². The number of amides is 1. The van der Waals surface area contributed by atoms with Crippen molar-refractivity contribution in [3.8, 4) is 11.6 Å². The van der Waals surface area contributed by atoms with Gasteiger partial charge >= 0.3 is 0 Å². The van der Waals surface area contributed by atoms with Crippen molar-refractivity contribution in [3.63, 3.8) is 0 Å². The molecule has 0 radical (unpaired) electrons. The highest BCUT2D eigenvalue weighted by Gasteiger charge is 2.47. The molecule has 154 valence electrons. The Hall–Kier alpha value is -3.02. The van der Waals surface area contributed by atoms with Crippen molar-refractivity contribution in [2.24, 2.45) is 0 Å². The molecule has 4 N–H and O–H groups in total. The zero-order valence-electron chi connectivity index (χ0n) is 16.2. The number of ether oxygens (including phenoxy) is 1. The van der Waals surface area contributed by atoms with Gasteiger partial charge < -0.3 is 30.0 Å². The third-order valence-electron chi connectivity index (χ3n) is 4.74. The van der Waals surface area contributed by atoms with Gasteiger partial charge in [-0.3, -0.25) is 9.36 Å². The summed E-state index contributed by atoms with van der Waals surface area (Å²) < 4.78 is 12.8. The predicted octanol–water partition coefficient (Wildman–Crippen LogP) is 0.192. The zero-order chi connectivity index (χ0) is 20.7. The highest BCUT2D eigenvalue weighted by molar-refractivity contribution is 5.85. The van der Waals surface area contributed by atoms with Crippen LogP contribution in [0.5, 0.6) is 0 Å². The molecule has 0 aliphatic carbocycles. The minimum atomic E-state index is -1.39. The number of nitrogens with one attached hydrogen (secondary N) is 2. The number of hydrogen-bond donors (Lipinski definition) is 4. The van der Waals surface area contributed by atoms with Crippen LogP contribution in [0.15, 0.2) is 22.9 Å². The second-order valence-corrected chi connectivity index (χ2v) is 6.70. The van der Waals surface area contributed by atoms with Gasteiger partial charge in [0.15, 0.2) is 40.9 Å². The molecule has 4 rings (SSSR count). The smallest absolute Gasteiger partial charge is 0.252 e. The number of hydrogen-bond acceptors (Lipinski definition) is 9. The molecule has 3 unspecified atom stereocenters. The Morgan fingerprint density at radius 1 is 1.28 bits per heavy atom. The first-order valence-electron chi connectivity index (χ1n) is 9.23. The van der Waals surface area contributed by atoms with Gasteiger partial charge in [0, 0.05) is 13.6 Å². The molecular formula is C18H22N6O5. The number of aliphatic hydroxyl groups excluding tert-OH is 2. The maximum absolute atomic E-state index is 12.1. The fourth-order valence-corrected chi connectivity index (χ4v) is 3.32.